The Bertz CT molecular complexity index is 147. The van der Waals surface area contributed by atoms with Gasteiger partial charge in [0.1, 0.15) is 0 Å². The van der Waals surface area contributed by atoms with E-state index in [-0.39, 0.29) is 0 Å². The van der Waals surface area contributed by atoms with Crippen LogP contribution in [0.2, 0.25) is 0 Å². The molecule has 2 unspecified atom stereocenters. The van der Waals surface area contributed by atoms with E-state index < -0.39 is 0 Å². The number of rotatable bonds is 7. The summed E-state index contributed by atoms with van der Waals surface area (Å²) in [6, 6.07) is 0.563. The van der Waals surface area contributed by atoms with Crippen LogP contribution in [0.3, 0.4) is 0 Å². The van der Waals surface area contributed by atoms with Crippen molar-refractivity contribution in [3.05, 3.63) is 0 Å². The van der Waals surface area contributed by atoms with Crippen molar-refractivity contribution in [3.63, 3.8) is 0 Å². The molecule has 0 aromatic carbocycles. The predicted octanol–water partition coefficient (Wildman–Crippen LogP) is 1.53. The molecule has 1 aliphatic rings. The molecule has 15 heavy (non-hydrogen) atoms. The Morgan fingerprint density at radius 3 is 2.93 bits per heavy atom. The van der Waals surface area contributed by atoms with Gasteiger partial charge < -0.3 is 15.4 Å². The van der Waals surface area contributed by atoms with Crippen LogP contribution in [-0.4, -0.2) is 38.4 Å². The van der Waals surface area contributed by atoms with E-state index in [1.54, 1.807) is 0 Å². The van der Waals surface area contributed by atoms with Gasteiger partial charge in [0.15, 0.2) is 0 Å². The summed E-state index contributed by atoms with van der Waals surface area (Å²) in [6.45, 7) is 8.53. The van der Waals surface area contributed by atoms with E-state index in [1.165, 1.54) is 19.3 Å². The molecule has 1 saturated heterocycles. The number of likely N-dealkylation sites (N-methyl/N-ethyl adjacent to an activating group) is 1. The monoisotopic (exact) mass is 214 g/mol. The number of ether oxygens (including phenoxy) is 1. The minimum atomic E-state index is 0.512. The van der Waals surface area contributed by atoms with Crippen molar-refractivity contribution in [2.24, 2.45) is 0 Å². The average Bonchev–Trinajstić information content (AvgIpc) is 2.28. The Morgan fingerprint density at radius 2 is 2.27 bits per heavy atom. The van der Waals surface area contributed by atoms with E-state index >= 15 is 0 Å². The van der Waals surface area contributed by atoms with Crippen molar-refractivity contribution in [1.29, 1.82) is 0 Å². The van der Waals surface area contributed by atoms with Crippen molar-refractivity contribution in [3.8, 4) is 0 Å². The molecule has 1 fully saturated rings. The van der Waals surface area contributed by atoms with Gasteiger partial charge in [0.25, 0.3) is 0 Å². The van der Waals surface area contributed by atoms with Crippen LogP contribution in [0.5, 0.6) is 0 Å². The van der Waals surface area contributed by atoms with Gasteiger partial charge in [0, 0.05) is 19.2 Å². The molecule has 0 saturated carbocycles. The van der Waals surface area contributed by atoms with Gasteiger partial charge >= 0.3 is 0 Å². The minimum absolute atomic E-state index is 0.512. The van der Waals surface area contributed by atoms with Crippen molar-refractivity contribution in [1.82, 2.24) is 10.6 Å². The fourth-order valence-corrected chi connectivity index (χ4v) is 1.96. The Labute approximate surface area is 94.0 Å². The van der Waals surface area contributed by atoms with E-state index in [0.29, 0.717) is 12.1 Å². The lowest BCUT2D eigenvalue weighted by Gasteiger charge is -2.23. The standard InChI is InChI=1S/C12H26N2O/c1-3-13-10-11(2)14-8-7-12-6-4-5-9-15-12/h11-14H,3-10H2,1-2H3. The summed E-state index contributed by atoms with van der Waals surface area (Å²) in [4.78, 5) is 0. The summed E-state index contributed by atoms with van der Waals surface area (Å²) in [6.07, 6.45) is 5.52. The second kappa shape index (κ2) is 8.08. The van der Waals surface area contributed by atoms with E-state index in [2.05, 4.69) is 24.5 Å². The predicted molar refractivity (Wildman–Crippen MR) is 64.2 cm³/mol. The zero-order valence-corrected chi connectivity index (χ0v) is 10.2. The third kappa shape index (κ3) is 6.13. The van der Waals surface area contributed by atoms with Crippen LogP contribution < -0.4 is 10.6 Å². The highest BCUT2D eigenvalue weighted by Crippen LogP contribution is 2.14. The molecular weight excluding hydrogens is 188 g/mol. The summed E-state index contributed by atoms with van der Waals surface area (Å²) in [5, 5.41) is 6.86. The summed E-state index contributed by atoms with van der Waals surface area (Å²) >= 11 is 0. The van der Waals surface area contributed by atoms with Gasteiger partial charge in [0.2, 0.25) is 0 Å². The van der Waals surface area contributed by atoms with E-state index in [0.717, 1.165) is 32.7 Å². The molecule has 0 aliphatic carbocycles. The first kappa shape index (κ1) is 12.9. The van der Waals surface area contributed by atoms with Gasteiger partial charge in [-0.1, -0.05) is 6.92 Å². The minimum Gasteiger partial charge on any atom is -0.378 e. The van der Waals surface area contributed by atoms with Gasteiger partial charge in [0.05, 0.1) is 6.10 Å². The molecule has 0 aromatic rings. The van der Waals surface area contributed by atoms with E-state index in [1.807, 2.05) is 0 Å². The smallest absolute Gasteiger partial charge is 0.0587 e. The number of nitrogens with one attached hydrogen (secondary N) is 2. The molecule has 3 nitrogen and oxygen atoms in total. The number of hydrogen-bond donors (Lipinski definition) is 2. The summed E-state index contributed by atoms with van der Waals surface area (Å²) in [5.74, 6) is 0. The second-order valence-corrected chi connectivity index (χ2v) is 4.44. The van der Waals surface area contributed by atoms with Crippen LogP contribution >= 0.6 is 0 Å². The fraction of sp³-hybridized carbons (Fsp3) is 1.00. The third-order valence-electron chi connectivity index (χ3n) is 2.93. The Hall–Kier alpha value is -0.120. The lowest BCUT2D eigenvalue weighted by atomic mass is 10.1. The fourth-order valence-electron chi connectivity index (χ4n) is 1.96. The lowest BCUT2D eigenvalue weighted by molar-refractivity contribution is 0.0113. The highest BCUT2D eigenvalue weighted by atomic mass is 16.5. The van der Waals surface area contributed by atoms with Gasteiger partial charge in [-0.3, -0.25) is 0 Å². The Kier molecular flexibility index (Phi) is 6.98. The van der Waals surface area contributed by atoms with Crippen LogP contribution in [-0.2, 0) is 4.74 Å². The van der Waals surface area contributed by atoms with Gasteiger partial charge in [-0.2, -0.15) is 0 Å². The first-order chi connectivity index (χ1) is 7.33. The Balaban J connectivity index is 1.94. The Morgan fingerprint density at radius 1 is 1.40 bits per heavy atom. The van der Waals surface area contributed by atoms with Gasteiger partial charge in [-0.05, 0) is 45.7 Å². The van der Waals surface area contributed by atoms with E-state index in [4.69, 9.17) is 4.74 Å². The molecule has 0 radical (unpaired) electrons. The summed E-state index contributed by atoms with van der Waals surface area (Å²) in [5.41, 5.74) is 0. The third-order valence-corrected chi connectivity index (χ3v) is 2.93. The number of hydrogen-bond acceptors (Lipinski definition) is 3. The molecule has 0 aromatic heterocycles. The molecule has 1 heterocycles. The second-order valence-electron chi connectivity index (χ2n) is 4.44. The van der Waals surface area contributed by atoms with Crippen molar-refractivity contribution in [2.45, 2.75) is 51.7 Å². The SMILES string of the molecule is CCNCC(C)NCCC1CCCCO1. The largest absolute Gasteiger partial charge is 0.378 e. The highest BCUT2D eigenvalue weighted by molar-refractivity contribution is 4.68. The molecule has 0 bridgehead atoms. The molecule has 90 valence electrons. The maximum Gasteiger partial charge on any atom is 0.0587 e. The molecule has 1 aliphatic heterocycles. The van der Waals surface area contributed by atoms with Crippen molar-refractivity contribution in [2.75, 3.05) is 26.2 Å². The van der Waals surface area contributed by atoms with Gasteiger partial charge in [-0.25, -0.2) is 0 Å². The molecule has 0 spiro atoms. The van der Waals surface area contributed by atoms with Crippen LogP contribution in [0, 0.1) is 0 Å². The van der Waals surface area contributed by atoms with Crippen LogP contribution in [0.1, 0.15) is 39.5 Å². The normalized spacial score (nSPS) is 24.0. The summed E-state index contributed by atoms with van der Waals surface area (Å²) < 4.78 is 5.69. The molecular formula is C12H26N2O. The van der Waals surface area contributed by atoms with Crippen LogP contribution in [0.15, 0.2) is 0 Å². The maximum atomic E-state index is 5.69. The van der Waals surface area contributed by atoms with Crippen molar-refractivity contribution < 1.29 is 4.74 Å². The molecule has 2 atom stereocenters. The average molecular weight is 214 g/mol. The highest BCUT2D eigenvalue weighted by Gasteiger charge is 2.13. The van der Waals surface area contributed by atoms with Crippen LogP contribution in [0.25, 0.3) is 0 Å². The van der Waals surface area contributed by atoms with Crippen molar-refractivity contribution >= 4 is 0 Å². The zero-order chi connectivity index (χ0) is 10.9. The molecule has 2 N–H and O–H groups in total. The lowest BCUT2D eigenvalue weighted by Crippen LogP contribution is -2.38. The summed E-state index contributed by atoms with van der Waals surface area (Å²) in [7, 11) is 0. The molecule has 0 amide bonds. The zero-order valence-electron chi connectivity index (χ0n) is 10.2. The topological polar surface area (TPSA) is 33.3 Å². The first-order valence-electron chi connectivity index (χ1n) is 6.38. The maximum absolute atomic E-state index is 5.69. The van der Waals surface area contributed by atoms with Crippen LogP contribution in [0.4, 0.5) is 0 Å². The molecule has 1 rings (SSSR count). The van der Waals surface area contributed by atoms with Gasteiger partial charge in [-0.15, -0.1) is 0 Å². The molecule has 3 heteroatoms. The quantitative estimate of drug-likeness (QED) is 0.674. The first-order valence-corrected chi connectivity index (χ1v) is 6.38. The van der Waals surface area contributed by atoms with E-state index in [9.17, 15) is 0 Å².